The topological polar surface area (TPSA) is 40.5 Å². The van der Waals surface area contributed by atoms with Crippen molar-refractivity contribution >= 4 is 5.91 Å². The van der Waals surface area contributed by atoms with E-state index in [1.807, 2.05) is 11.0 Å². The SMILES string of the molecule is O=C(Cc1cccc(O)c1)N1CC2CCC1C2. The minimum absolute atomic E-state index is 0.211. The highest BCUT2D eigenvalue weighted by Gasteiger charge is 2.39. The zero-order valence-electron chi connectivity index (χ0n) is 9.80. The molecule has 2 aliphatic rings. The number of phenols is 1. The molecule has 3 heteroatoms. The number of nitrogens with zero attached hydrogens (tertiary/aromatic N) is 1. The Kier molecular flexibility index (Phi) is 2.54. The van der Waals surface area contributed by atoms with Gasteiger partial charge in [-0.15, -0.1) is 0 Å². The Morgan fingerprint density at radius 2 is 2.29 bits per heavy atom. The van der Waals surface area contributed by atoms with Crippen molar-refractivity contribution in [1.82, 2.24) is 4.90 Å². The highest BCUT2D eigenvalue weighted by Crippen LogP contribution is 2.37. The van der Waals surface area contributed by atoms with Gasteiger partial charge in [0, 0.05) is 12.6 Å². The maximum Gasteiger partial charge on any atom is 0.227 e. The number of fused-ring (bicyclic) bond motifs is 2. The van der Waals surface area contributed by atoms with Crippen molar-refractivity contribution < 1.29 is 9.90 Å². The van der Waals surface area contributed by atoms with E-state index in [1.165, 1.54) is 19.3 Å². The van der Waals surface area contributed by atoms with Gasteiger partial charge in [-0.25, -0.2) is 0 Å². The van der Waals surface area contributed by atoms with E-state index in [4.69, 9.17) is 0 Å². The lowest BCUT2D eigenvalue weighted by Crippen LogP contribution is -2.38. The molecule has 1 aliphatic heterocycles. The van der Waals surface area contributed by atoms with Crippen LogP contribution in [0.15, 0.2) is 24.3 Å². The zero-order chi connectivity index (χ0) is 11.8. The van der Waals surface area contributed by atoms with Gasteiger partial charge < -0.3 is 10.0 Å². The van der Waals surface area contributed by atoms with E-state index in [9.17, 15) is 9.90 Å². The lowest BCUT2D eigenvalue weighted by atomic mass is 10.1. The molecule has 1 amide bonds. The molecule has 2 unspecified atom stereocenters. The first-order valence-electron chi connectivity index (χ1n) is 6.30. The van der Waals surface area contributed by atoms with Crippen LogP contribution in [0.4, 0.5) is 0 Å². The molecule has 2 bridgehead atoms. The molecule has 0 spiro atoms. The number of likely N-dealkylation sites (tertiary alicyclic amines) is 1. The molecule has 1 aliphatic carbocycles. The van der Waals surface area contributed by atoms with Crippen molar-refractivity contribution in [3.63, 3.8) is 0 Å². The number of piperidine rings is 1. The maximum absolute atomic E-state index is 12.2. The van der Waals surface area contributed by atoms with Gasteiger partial charge in [0.25, 0.3) is 0 Å². The first-order valence-corrected chi connectivity index (χ1v) is 6.30. The summed E-state index contributed by atoms with van der Waals surface area (Å²) in [5, 5.41) is 9.37. The summed E-state index contributed by atoms with van der Waals surface area (Å²) in [6, 6.07) is 7.47. The molecule has 1 aromatic carbocycles. The van der Waals surface area contributed by atoms with Crippen LogP contribution in [-0.2, 0) is 11.2 Å². The molecule has 2 fully saturated rings. The lowest BCUT2D eigenvalue weighted by Gasteiger charge is -2.27. The summed E-state index contributed by atoms with van der Waals surface area (Å²) in [5.74, 6) is 1.19. The van der Waals surface area contributed by atoms with Crippen LogP contribution in [0.3, 0.4) is 0 Å². The second-order valence-corrected chi connectivity index (χ2v) is 5.23. The molecule has 0 aromatic heterocycles. The predicted molar refractivity (Wildman–Crippen MR) is 64.7 cm³/mol. The molecule has 2 atom stereocenters. The highest BCUT2D eigenvalue weighted by atomic mass is 16.3. The fraction of sp³-hybridized carbons (Fsp3) is 0.500. The summed E-state index contributed by atoms with van der Waals surface area (Å²) in [7, 11) is 0. The van der Waals surface area contributed by atoms with E-state index in [0.29, 0.717) is 12.5 Å². The normalized spacial score (nSPS) is 26.5. The molecule has 17 heavy (non-hydrogen) atoms. The summed E-state index contributed by atoms with van der Waals surface area (Å²) in [6.07, 6.45) is 4.08. The molecule has 1 aromatic rings. The number of carbonyl (C=O) groups is 1. The maximum atomic E-state index is 12.2. The Morgan fingerprint density at radius 1 is 1.41 bits per heavy atom. The van der Waals surface area contributed by atoms with Crippen molar-refractivity contribution in [3.8, 4) is 5.75 Å². The minimum atomic E-state index is 0.211. The number of hydrogen-bond donors (Lipinski definition) is 1. The Bertz CT molecular complexity index is 444. The first-order chi connectivity index (χ1) is 8.22. The second kappa shape index (κ2) is 4.06. The Morgan fingerprint density at radius 3 is 2.94 bits per heavy atom. The Hall–Kier alpha value is -1.51. The van der Waals surface area contributed by atoms with Crippen LogP contribution in [0, 0.1) is 5.92 Å². The molecule has 1 saturated heterocycles. The molecule has 3 nitrogen and oxygen atoms in total. The molecule has 1 heterocycles. The van der Waals surface area contributed by atoms with Crippen molar-refractivity contribution in [3.05, 3.63) is 29.8 Å². The van der Waals surface area contributed by atoms with Crippen molar-refractivity contribution in [2.24, 2.45) is 5.92 Å². The summed E-state index contributed by atoms with van der Waals surface area (Å²) in [6.45, 7) is 0.947. The van der Waals surface area contributed by atoms with E-state index in [2.05, 4.69) is 0 Å². The number of rotatable bonds is 2. The van der Waals surface area contributed by atoms with Gasteiger partial charge in [-0.05, 0) is 42.9 Å². The third-order valence-electron chi connectivity index (χ3n) is 4.00. The number of amides is 1. The lowest BCUT2D eigenvalue weighted by molar-refractivity contribution is -0.132. The van der Waals surface area contributed by atoms with Gasteiger partial charge in [-0.1, -0.05) is 12.1 Å². The fourth-order valence-corrected chi connectivity index (χ4v) is 3.17. The van der Waals surface area contributed by atoms with E-state index < -0.39 is 0 Å². The Labute approximate surface area is 101 Å². The van der Waals surface area contributed by atoms with E-state index >= 15 is 0 Å². The van der Waals surface area contributed by atoms with Crippen LogP contribution in [0.2, 0.25) is 0 Å². The smallest absolute Gasteiger partial charge is 0.227 e. The summed E-state index contributed by atoms with van der Waals surface area (Å²) >= 11 is 0. The zero-order valence-corrected chi connectivity index (χ0v) is 9.80. The molecule has 1 N–H and O–H groups in total. The van der Waals surface area contributed by atoms with Crippen LogP contribution in [-0.4, -0.2) is 28.5 Å². The number of phenolic OH excluding ortho intramolecular Hbond substituents is 1. The molecule has 1 saturated carbocycles. The number of aromatic hydroxyl groups is 1. The van der Waals surface area contributed by atoms with Gasteiger partial charge in [0.05, 0.1) is 6.42 Å². The van der Waals surface area contributed by atoms with E-state index in [-0.39, 0.29) is 11.7 Å². The largest absolute Gasteiger partial charge is 0.508 e. The molecular formula is C14H17NO2. The van der Waals surface area contributed by atoms with Gasteiger partial charge >= 0.3 is 0 Å². The van der Waals surface area contributed by atoms with Crippen LogP contribution >= 0.6 is 0 Å². The quantitative estimate of drug-likeness (QED) is 0.845. The van der Waals surface area contributed by atoms with Gasteiger partial charge in [-0.3, -0.25) is 4.79 Å². The van der Waals surface area contributed by atoms with E-state index in [1.54, 1.807) is 18.2 Å². The van der Waals surface area contributed by atoms with Crippen molar-refractivity contribution in [2.45, 2.75) is 31.7 Å². The van der Waals surface area contributed by atoms with Crippen LogP contribution in [0.5, 0.6) is 5.75 Å². The summed E-state index contributed by atoms with van der Waals surface area (Å²) in [4.78, 5) is 14.2. The summed E-state index contributed by atoms with van der Waals surface area (Å²) < 4.78 is 0. The Balaban J connectivity index is 1.68. The van der Waals surface area contributed by atoms with Gasteiger partial charge in [0.1, 0.15) is 5.75 Å². The highest BCUT2D eigenvalue weighted by molar-refractivity contribution is 5.79. The van der Waals surface area contributed by atoms with Crippen LogP contribution < -0.4 is 0 Å². The second-order valence-electron chi connectivity index (χ2n) is 5.23. The van der Waals surface area contributed by atoms with Crippen LogP contribution in [0.1, 0.15) is 24.8 Å². The van der Waals surface area contributed by atoms with E-state index in [0.717, 1.165) is 18.0 Å². The fourth-order valence-electron chi connectivity index (χ4n) is 3.17. The first kappa shape index (κ1) is 10.6. The third kappa shape index (κ3) is 2.02. The average Bonchev–Trinajstić information content (AvgIpc) is 2.90. The standard InChI is InChI=1S/C14H17NO2/c16-13-3-1-2-10(7-13)8-14(17)15-9-11-4-5-12(15)6-11/h1-3,7,11-12,16H,4-6,8-9H2. The number of carbonyl (C=O) groups excluding carboxylic acids is 1. The third-order valence-corrected chi connectivity index (χ3v) is 4.00. The molecule has 3 rings (SSSR count). The summed E-state index contributed by atoms with van der Waals surface area (Å²) in [5.41, 5.74) is 0.901. The molecule has 0 radical (unpaired) electrons. The monoisotopic (exact) mass is 231 g/mol. The van der Waals surface area contributed by atoms with Gasteiger partial charge in [0.15, 0.2) is 0 Å². The minimum Gasteiger partial charge on any atom is -0.508 e. The molecular weight excluding hydrogens is 214 g/mol. The van der Waals surface area contributed by atoms with Gasteiger partial charge in [-0.2, -0.15) is 0 Å². The average molecular weight is 231 g/mol. The molecule has 90 valence electrons. The van der Waals surface area contributed by atoms with Gasteiger partial charge in [0.2, 0.25) is 5.91 Å². The number of benzene rings is 1. The van der Waals surface area contributed by atoms with Crippen molar-refractivity contribution in [1.29, 1.82) is 0 Å². The van der Waals surface area contributed by atoms with Crippen LogP contribution in [0.25, 0.3) is 0 Å². The predicted octanol–water partition coefficient (Wildman–Crippen LogP) is 1.95. The van der Waals surface area contributed by atoms with Crippen molar-refractivity contribution in [2.75, 3.05) is 6.54 Å². The number of hydrogen-bond acceptors (Lipinski definition) is 2.